The van der Waals surface area contributed by atoms with E-state index in [1.807, 2.05) is 13.0 Å². The van der Waals surface area contributed by atoms with Crippen LogP contribution in [0.4, 0.5) is 11.4 Å². The lowest BCUT2D eigenvalue weighted by Crippen LogP contribution is -2.14. The first-order chi connectivity index (χ1) is 9.97. The molecule has 2 aromatic rings. The van der Waals surface area contributed by atoms with E-state index in [1.54, 1.807) is 30.3 Å². The molecule has 0 radical (unpaired) electrons. The summed E-state index contributed by atoms with van der Waals surface area (Å²) in [5.74, 6) is 0.147. The second kappa shape index (κ2) is 7.07. The zero-order chi connectivity index (χ0) is 15.4. The molecule has 0 unspecified atom stereocenters. The van der Waals surface area contributed by atoms with Crippen molar-refractivity contribution in [3.05, 3.63) is 52.0 Å². The van der Waals surface area contributed by atoms with Crippen LogP contribution < -0.4 is 11.1 Å². The second-order valence-electron chi connectivity index (χ2n) is 4.44. The molecule has 0 saturated carbocycles. The molecule has 0 spiro atoms. The van der Waals surface area contributed by atoms with Gasteiger partial charge in [0.15, 0.2) is 0 Å². The number of benzene rings is 2. The van der Waals surface area contributed by atoms with E-state index < -0.39 is 0 Å². The molecule has 0 atom stereocenters. The number of thioether (sulfide) groups is 1. The number of hydrogen-bond donors (Lipinski definition) is 2. The summed E-state index contributed by atoms with van der Waals surface area (Å²) in [6.07, 6.45) is 0. The maximum Gasteiger partial charge on any atom is 0.234 e. The van der Waals surface area contributed by atoms with Crippen molar-refractivity contribution in [3.63, 3.8) is 0 Å². The number of rotatable bonds is 4. The normalized spacial score (nSPS) is 10.4. The highest BCUT2D eigenvalue weighted by molar-refractivity contribution is 8.00. The van der Waals surface area contributed by atoms with E-state index in [0.29, 0.717) is 15.7 Å². The molecular weight excluding hydrogens is 327 g/mol. The highest BCUT2D eigenvalue weighted by Gasteiger charge is 2.09. The van der Waals surface area contributed by atoms with E-state index in [1.165, 1.54) is 11.8 Å². The third kappa shape index (κ3) is 4.30. The minimum absolute atomic E-state index is 0.113. The topological polar surface area (TPSA) is 55.1 Å². The van der Waals surface area contributed by atoms with Crippen LogP contribution in [0.5, 0.6) is 0 Å². The number of amides is 1. The summed E-state index contributed by atoms with van der Waals surface area (Å²) in [6, 6.07) is 10.6. The summed E-state index contributed by atoms with van der Waals surface area (Å²) < 4.78 is 0. The molecule has 110 valence electrons. The van der Waals surface area contributed by atoms with Gasteiger partial charge in [-0.05, 0) is 42.8 Å². The summed E-state index contributed by atoms with van der Waals surface area (Å²) in [7, 11) is 0. The van der Waals surface area contributed by atoms with Gasteiger partial charge in [0.1, 0.15) is 0 Å². The first-order valence-corrected chi connectivity index (χ1v) is 7.94. The zero-order valence-electron chi connectivity index (χ0n) is 11.3. The maximum atomic E-state index is 12.0. The van der Waals surface area contributed by atoms with Crippen molar-refractivity contribution in [2.45, 2.75) is 11.8 Å². The Morgan fingerprint density at radius 2 is 2.00 bits per heavy atom. The van der Waals surface area contributed by atoms with Crippen LogP contribution in [0.1, 0.15) is 5.56 Å². The fourth-order valence-electron chi connectivity index (χ4n) is 1.71. The Hall–Kier alpha value is -1.36. The molecule has 0 saturated heterocycles. The SMILES string of the molecule is Cc1c(Cl)cccc1NC(=O)CSc1ccc(N)cc1Cl. The van der Waals surface area contributed by atoms with Gasteiger partial charge in [0, 0.05) is 21.3 Å². The van der Waals surface area contributed by atoms with Crippen LogP contribution in [0.15, 0.2) is 41.3 Å². The number of nitrogens with two attached hydrogens (primary N) is 1. The van der Waals surface area contributed by atoms with Gasteiger partial charge in [-0.1, -0.05) is 29.3 Å². The van der Waals surface area contributed by atoms with Gasteiger partial charge < -0.3 is 11.1 Å². The Morgan fingerprint density at radius 1 is 1.24 bits per heavy atom. The Bertz CT molecular complexity index is 677. The Morgan fingerprint density at radius 3 is 2.71 bits per heavy atom. The number of hydrogen-bond acceptors (Lipinski definition) is 3. The molecule has 0 aromatic heterocycles. The largest absolute Gasteiger partial charge is 0.399 e. The standard InChI is InChI=1S/C15H14Cl2N2OS/c1-9-11(16)3-2-4-13(9)19-15(20)8-21-14-6-5-10(18)7-12(14)17/h2-7H,8,18H2,1H3,(H,19,20). The van der Waals surface area contributed by atoms with E-state index >= 15 is 0 Å². The average Bonchev–Trinajstić information content (AvgIpc) is 2.43. The third-order valence-electron chi connectivity index (χ3n) is 2.86. The van der Waals surface area contributed by atoms with Crippen molar-refractivity contribution >= 4 is 52.2 Å². The number of nitrogens with one attached hydrogen (secondary N) is 1. The van der Waals surface area contributed by atoms with Gasteiger partial charge in [-0.15, -0.1) is 11.8 Å². The molecule has 0 aliphatic rings. The van der Waals surface area contributed by atoms with Gasteiger partial charge in [-0.2, -0.15) is 0 Å². The number of anilines is 2. The van der Waals surface area contributed by atoms with Crippen molar-refractivity contribution in [3.8, 4) is 0 Å². The average molecular weight is 341 g/mol. The number of halogens is 2. The predicted octanol–water partition coefficient (Wildman–Crippen LogP) is 4.61. The molecule has 0 heterocycles. The van der Waals surface area contributed by atoms with E-state index in [0.717, 1.165) is 16.1 Å². The van der Waals surface area contributed by atoms with Crippen LogP contribution in [0.3, 0.4) is 0 Å². The zero-order valence-corrected chi connectivity index (χ0v) is 13.6. The van der Waals surface area contributed by atoms with Crippen molar-refractivity contribution < 1.29 is 4.79 Å². The van der Waals surface area contributed by atoms with Crippen molar-refractivity contribution in [2.75, 3.05) is 16.8 Å². The quantitative estimate of drug-likeness (QED) is 0.630. The summed E-state index contributed by atoms with van der Waals surface area (Å²) in [4.78, 5) is 12.8. The minimum Gasteiger partial charge on any atom is -0.399 e. The molecule has 3 nitrogen and oxygen atoms in total. The Kier molecular flexibility index (Phi) is 5.39. The molecule has 3 N–H and O–H groups in total. The number of carbonyl (C=O) groups excluding carboxylic acids is 1. The van der Waals surface area contributed by atoms with Crippen LogP contribution in [-0.2, 0) is 4.79 Å². The first kappa shape index (κ1) is 16.0. The molecule has 6 heteroatoms. The van der Waals surface area contributed by atoms with Gasteiger partial charge in [-0.25, -0.2) is 0 Å². The van der Waals surface area contributed by atoms with Gasteiger partial charge in [0.05, 0.1) is 10.8 Å². The van der Waals surface area contributed by atoms with Gasteiger partial charge in [-0.3, -0.25) is 4.79 Å². The molecule has 0 bridgehead atoms. The molecular formula is C15H14Cl2N2OS. The molecule has 0 aliphatic heterocycles. The van der Waals surface area contributed by atoms with Crippen LogP contribution in [0, 0.1) is 6.92 Å². The van der Waals surface area contributed by atoms with Crippen molar-refractivity contribution in [2.24, 2.45) is 0 Å². The smallest absolute Gasteiger partial charge is 0.234 e. The summed E-state index contributed by atoms with van der Waals surface area (Å²) in [5, 5.41) is 4.01. The molecule has 0 aliphatic carbocycles. The van der Waals surface area contributed by atoms with Crippen molar-refractivity contribution in [1.29, 1.82) is 0 Å². The number of carbonyl (C=O) groups is 1. The van der Waals surface area contributed by atoms with Crippen LogP contribution in [-0.4, -0.2) is 11.7 Å². The van der Waals surface area contributed by atoms with Crippen molar-refractivity contribution in [1.82, 2.24) is 0 Å². The number of nitrogen functional groups attached to an aromatic ring is 1. The summed E-state index contributed by atoms with van der Waals surface area (Å²) >= 11 is 13.4. The molecule has 21 heavy (non-hydrogen) atoms. The minimum atomic E-state index is -0.113. The second-order valence-corrected chi connectivity index (χ2v) is 6.27. The lowest BCUT2D eigenvalue weighted by Gasteiger charge is -2.10. The molecule has 1 amide bonds. The highest BCUT2D eigenvalue weighted by Crippen LogP contribution is 2.29. The van der Waals surface area contributed by atoms with Gasteiger partial charge >= 0.3 is 0 Å². The highest BCUT2D eigenvalue weighted by atomic mass is 35.5. The summed E-state index contributed by atoms with van der Waals surface area (Å²) in [5.41, 5.74) is 7.80. The Labute approximate surface area is 137 Å². The molecule has 2 aromatic carbocycles. The maximum absolute atomic E-state index is 12.0. The summed E-state index contributed by atoms with van der Waals surface area (Å²) in [6.45, 7) is 1.86. The third-order valence-corrected chi connectivity index (χ3v) is 4.76. The van der Waals surface area contributed by atoms with E-state index in [-0.39, 0.29) is 11.7 Å². The first-order valence-electron chi connectivity index (χ1n) is 6.20. The molecule has 0 fully saturated rings. The monoisotopic (exact) mass is 340 g/mol. The van der Waals surface area contributed by atoms with Gasteiger partial charge in [0.2, 0.25) is 5.91 Å². The predicted molar refractivity (Wildman–Crippen MR) is 91.4 cm³/mol. The van der Waals surface area contributed by atoms with Crippen LogP contribution in [0.25, 0.3) is 0 Å². The fourth-order valence-corrected chi connectivity index (χ4v) is 2.95. The fraction of sp³-hybridized carbons (Fsp3) is 0.133. The van der Waals surface area contributed by atoms with E-state index in [9.17, 15) is 4.79 Å². The van der Waals surface area contributed by atoms with Crippen LogP contribution >= 0.6 is 35.0 Å². The Balaban J connectivity index is 1.97. The van der Waals surface area contributed by atoms with Crippen LogP contribution in [0.2, 0.25) is 10.0 Å². The lowest BCUT2D eigenvalue weighted by molar-refractivity contribution is -0.113. The molecule has 2 rings (SSSR count). The van der Waals surface area contributed by atoms with Gasteiger partial charge in [0.25, 0.3) is 0 Å². The van der Waals surface area contributed by atoms with E-state index in [4.69, 9.17) is 28.9 Å². The van der Waals surface area contributed by atoms with E-state index in [2.05, 4.69) is 5.32 Å². The lowest BCUT2D eigenvalue weighted by atomic mass is 10.2.